The number of benzene rings is 1. The minimum atomic E-state index is -1.05. The van der Waals surface area contributed by atoms with Crippen LogP contribution in [0.25, 0.3) is 0 Å². The number of nitrogens with one attached hydrogen (secondary N) is 1. The number of hydrogen-bond acceptors (Lipinski definition) is 2. The molecule has 0 radical (unpaired) electrons. The summed E-state index contributed by atoms with van der Waals surface area (Å²) in [5, 5.41) is 11.3. The predicted octanol–water partition coefficient (Wildman–Crippen LogP) is 2.67. The first-order valence-electron chi connectivity index (χ1n) is 4.67. The van der Waals surface area contributed by atoms with E-state index in [1.54, 1.807) is 6.07 Å². The second-order valence-electron chi connectivity index (χ2n) is 3.51. The maximum absolute atomic E-state index is 10.3. The van der Waals surface area contributed by atoms with Crippen molar-refractivity contribution in [1.82, 2.24) is 5.32 Å². The minimum Gasteiger partial charge on any atom is -0.486 e. The largest absolute Gasteiger partial charge is 0.486 e. The van der Waals surface area contributed by atoms with E-state index in [1.165, 1.54) is 0 Å². The molecule has 1 aliphatic rings. The highest BCUT2D eigenvalue weighted by atomic mass is 79.9. The zero-order valence-electron chi connectivity index (χ0n) is 8.17. The molecule has 0 saturated heterocycles. The van der Waals surface area contributed by atoms with Gasteiger partial charge in [-0.1, -0.05) is 27.5 Å². The third-order valence-electron chi connectivity index (χ3n) is 2.30. The van der Waals surface area contributed by atoms with E-state index in [0.29, 0.717) is 17.2 Å². The van der Waals surface area contributed by atoms with Crippen LogP contribution in [0.3, 0.4) is 0 Å². The van der Waals surface area contributed by atoms with Crippen LogP contribution in [0, 0.1) is 0 Å². The van der Waals surface area contributed by atoms with Gasteiger partial charge in [-0.15, -0.1) is 0 Å². The molecule has 2 N–H and O–H groups in total. The molecule has 6 heteroatoms. The SMILES string of the molecule is O=C(O)NCC1Cc2cc(Br)cc(Cl)c2O1. The zero-order valence-corrected chi connectivity index (χ0v) is 10.5. The second-order valence-corrected chi connectivity index (χ2v) is 4.83. The predicted molar refractivity (Wildman–Crippen MR) is 63.3 cm³/mol. The van der Waals surface area contributed by atoms with Gasteiger partial charge in [-0.05, 0) is 12.1 Å². The van der Waals surface area contributed by atoms with Crippen molar-refractivity contribution in [2.24, 2.45) is 0 Å². The van der Waals surface area contributed by atoms with Gasteiger partial charge in [-0.3, -0.25) is 0 Å². The Morgan fingerprint density at radius 2 is 2.44 bits per heavy atom. The molecular formula is C10H9BrClNO3. The Morgan fingerprint density at radius 3 is 3.12 bits per heavy atom. The van der Waals surface area contributed by atoms with Gasteiger partial charge >= 0.3 is 6.09 Å². The standard InChI is InChI=1S/C10H9BrClNO3/c11-6-1-5-2-7(4-13-10(14)15)16-9(5)8(12)3-6/h1,3,7,13H,2,4H2,(H,14,15). The lowest BCUT2D eigenvalue weighted by Gasteiger charge is -2.10. The molecule has 1 unspecified atom stereocenters. The number of halogens is 2. The maximum Gasteiger partial charge on any atom is 0.404 e. The third-order valence-corrected chi connectivity index (χ3v) is 3.04. The Morgan fingerprint density at radius 1 is 1.69 bits per heavy atom. The van der Waals surface area contributed by atoms with Crippen molar-refractivity contribution < 1.29 is 14.6 Å². The van der Waals surface area contributed by atoms with Crippen LogP contribution >= 0.6 is 27.5 Å². The van der Waals surface area contributed by atoms with Gasteiger partial charge in [0.1, 0.15) is 11.9 Å². The fourth-order valence-electron chi connectivity index (χ4n) is 1.67. The third kappa shape index (κ3) is 2.41. The summed E-state index contributed by atoms with van der Waals surface area (Å²) in [6.45, 7) is 0.262. The van der Waals surface area contributed by atoms with Crippen LogP contribution in [0.2, 0.25) is 5.02 Å². The van der Waals surface area contributed by atoms with E-state index in [9.17, 15) is 4.79 Å². The number of carboxylic acid groups (broad SMARTS) is 1. The number of rotatable bonds is 2. The number of carbonyl (C=O) groups is 1. The maximum atomic E-state index is 10.3. The molecular weight excluding hydrogens is 297 g/mol. The van der Waals surface area contributed by atoms with Crippen LogP contribution in [0.1, 0.15) is 5.56 Å². The molecule has 0 fully saturated rings. The summed E-state index contributed by atoms with van der Waals surface area (Å²) >= 11 is 9.36. The molecule has 0 saturated carbocycles. The van der Waals surface area contributed by atoms with E-state index >= 15 is 0 Å². The van der Waals surface area contributed by atoms with E-state index in [0.717, 1.165) is 10.0 Å². The Hall–Kier alpha value is -0.940. The van der Waals surface area contributed by atoms with Gasteiger partial charge < -0.3 is 15.2 Å². The fraction of sp³-hybridized carbons (Fsp3) is 0.300. The fourth-order valence-corrected chi connectivity index (χ4v) is 2.59. The van der Waals surface area contributed by atoms with Gasteiger partial charge in [-0.25, -0.2) is 4.79 Å². The average Bonchev–Trinajstić information content (AvgIpc) is 2.57. The smallest absolute Gasteiger partial charge is 0.404 e. The van der Waals surface area contributed by atoms with Crippen LogP contribution in [0.4, 0.5) is 4.79 Å². The van der Waals surface area contributed by atoms with Crippen molar-refractivity contribution >= 4 is 33.6 Å². The van der Waals surface area contributed by atoms with Crippen LogP contribution in [-0.2, 0) is 6.42 Å². The lowest BCUT2D eigenvalue weighted by atomic mass is 10.1. The molecule has 86 valence electrons. The molecule has 1 aromatic rings. The van der Waals surface area contributed by atoms with Crippen LogP contribution in [0.5, 0.6) is 5.75 Å². The summed E-state index contributed by atoms with van der Waals surface area (Å²) in [6, 6.07) is 3.69. The second kappa shape index (κ2) is 4.51. The van der Waals surface area contributed by atoms with Gasteiger partial charge in [0.2, 0.25) is 0 Å². The normalized spacial score (nSPS) is 17.8. The number of fused-ring (bicyclic) bond motifs is 1. The molecule has 1 amide bonds. The number of hydrogen-bond donors (Lipinski definition) is 2. The monoisotopic (exact) mass is 305 g/mol. The van der Waals surface area contributed by atoms with E-state index in [4.69, 9.17) is 21.4 Å². The van der Waals surface area contributed by atoms with Crippen molar-refractivity contribution in [2.75, 3.05) is 6.54 Å². The molecule has 0 aliphatic carbocycles. The Bertz CT molecular complexity index is 438. The minimum absolute atomic E-state index is 0.183. The highest BCUT2D eigenvalue weighted by Crippen LogP contribution is 2.38. The van der Waals surface area contributed by atoms with E-state index in [1.807, 2.05) is 6.07 Å². The highest BCUT2D eigenvalue weighted by molar-refractivity contribution is 9.10. The first kappa shape index (κ1) is 11.5. The Labute approximate surface area is 106 Å². The number of ether oxygens (including phenoxy) is 1. The Balaban J connectivity index is 2.09. The van der Waals surface area contributed by atoms with Crippen molar-refractivity contribution in [2.45, 2.75) is 12.5 Å². The first-order valence-corrected chi connectivity index (χ1v) is 5.84. The molecule has 0 bridgehead atoms. The molecule has 1 aromatic carbocycles. The molecule has 16 heavy (non-hydrogen) atoms. The van der Waals surface area contributed by atoms with Crippen LogP contribution in [0.15, 0.2) is 16.6 Å². The van der Waals surface area contributed by atoms with Gasteiger partial charge in [0.05, 0.1) is 11.6 Å². The molecule has 0 aromatic heterocycles. The molecule has 1 atom stereocenters. The highest BCUT2D eigenvalue weighted by Gasteiger charge is 2.25. The lowest BCUT2D eigenvalue weighted by molar-refractivity contribution is 0.181. The van der Waals surface area contributed by atoms with Gasteiger partial charge in [0.15, 0.2) is 0 Å². The number of amides is 1. The van der Waals surface area contributed by atoms with E-state index in [-0.39, 0.29) is 12.6 Å². The quantitative estimate of drug-likeness (QED) is 0.883. The topological polar surface area (TPSA) is 58.6 Å². The first-order chi connectivity index (χ1) is 7.56. The van der Waals surface area contributed by atoms with Gasteiger partial charge in [-0.2, -0.15) is 0 Å². The van der Waals surface area contributed by atoms with Crippen LogP contribution < -0.4 is 10.1 Å². The summed E-state index contributed by atoms with van der Waals surface area (Å²) in [5.74, 6) is 0.655. The summed E-state index contributed by atoms with van der Waals surface area (Å²) in [4.78, 5) is 10.3. The van der Waals surface area contributed by atoms with Gasteiger partial charge in [0.25, 0.3) is 0 Å². The van der Waals surface area contributed by atoms with E-state index < -0.39 is 6.09 Å². The summed E-state index contributed by atoms with van der Waals surface area (Å²) in [7, 11) is 0. The summed E-state index contributed by atoms with van der Waals surface area (Å²) in [6.07, 6.45) is -0.570. The lowest BCUT2D eigenvalue weighted by Crippen LogP contribution is -2.33. The van der Waals surface area contributed by atoms with Crippen molar-refractivity contribution in [3.63, 3.8) is 0 Å². The molecule has 1 aliphatic heterocycles. The van der Waals surface area contributed by atoms with Gasteiger partial charge in [0, 0.05) is 16.5 Å². The summed E-state index contributed by atoms with van der Waals surface area (Å²) in [5.41, 5.74) is 0.997. The van der Waals surface area contributed by atoms with E-state index in [2.05, 4.69) is 21.2 Å². The molecule has 1 heterocycles. The molecule has 4 nitrogen and oxygen atoms in total. The molecule has 2 rings (SSSR count). The van der Waals surface area contributed by atoms with Crippen LogP contribution in [-0.4, -0.2) is 23.8 Å². The zero-order chi connectivity index (χ0) is 11.7. The molecule has 0 spiro atoms. The summed E-state index contributed by atoms with van der Waals surface area (Å²) < 4.78 is 6.46. The van der Waals surface area contributed by atoms with Crippen molar-refractivity contribution in [3.8, 4) is 5.75 Å². The van der Waals surface area contributed by atoms with Crippen molar-refractivity contribution in [1.29, 1.82) is 0 Å². The average molecular weight is 307 g/mol. The Kier molecular flexibility index (Phi) is 3.25. The van der Waals surface area contributed by atoms with Crippen molar-refractivity contribution in [3.05, 3.63) is 27.2 Å².